The van der Waals surface area contributed by atoms with E-state index in [0.717, 1.165) is 6.54 Å². The van der Waals surface area contributed by atoms with Gasteiger partial charge in [-0.05, 0) is 19.8 Å². The van der Waals surface area contributed by atoms with Gasteiger partial charge in [-0.25, -0.2) is 0 Å². The summed E-state index contributed by atoms with van der Waals surface area (Å²) >= 11 is 0. The number of carbonyl (C=O) groups is 1. The minimum absolute atomic E-state index is 0.0191. The highest BCUT2D eigenvalue weighted by Crippen LogP contribution is 2.17. The maximum atomic E-state index is 11.7. The Morgan fingerprint density at radius 3 is 2.74 bits per heavy atom. The fourth-order valence-corrected chi connectivity index (χ4v) is 2.50. The number of carbonyl (C=O) groups excluding carboxylic acids is 1. The molecule has 0 spiro atoms. The molecule has 0 radical (unpaired) electrons. The maximum absolute atomic E-state index is 11.7. The quantitative estimate of drug-likeness (QED) is 0.803. The van der Waals surface area contributed by atoms with Gasteiger partial charge in [-0.15, -0.1) is 0 Å². The second-order valence-corrected chi connectivity index (χ2v) is 5.26. The number of rotatable bonds is 5. The van der Waals surface area contributed by atoms with Crippen LogP contribution in [0.3, 0.4) is 0 Å². The molecule has 0 saturated heterocycles. The van der Waals surface area contributed by atoms with Crippen molar-refractivity contribution in [3.8, 4) is 0 Å². The van der Waals surface area contributed by atoms with Crippen molar-refractivity contribution >= 4 is 11.7 Å². The predicted octanol–water partition coefficient (Wildman–Crippen LogP) is 2.62. The molecule has 2 rings (SSSR count). The van der Waals surface area contributed by atoms with Crippen molar-refractivity contribution in [2.24, 2.45) is 0 Å². The molecule has 19 heavy (non-hydrogen) atoms. The van der Waals surface area contributed by atoms with E-state index in [9.17, 15) is 4.79 Å². The van der Waals surface area contributed by atoms with Crippen molar-refractivity contribution in [1.82, 2.24) is 10.5 Å². The second kappa shape index (κ2) is 7.28. The van der Waals surface area contributed by atoms with E-state index in [1.807, 2.05) is 0 Å². The summed E-state index contributed by atoms with van der Waals surface area (Å²) in [5.41, 5.74) is 0. The SMILES string of the molecule is Cc1cc(NC(=O)CCNC2CCCCCC2)no1. The number of hydrogen-bond acceptors (Lipinski definition) is 4. The molecule has 1 heterocycles. The van der Waals surface area contributed by atoms with Crippen LogP contribution in [0.4, 0.5) is 5.82 Å². The van der Waals surface area contributed by atoms with Crippen LogP contribution in [0.5, 0.6) is 0 Å². The van der Waals surface area contributed by atoms with E-state index in [1.165, 1.54) is 38.5 Å². The van der Waals surface area contributed by atoms with E-state index in [1.54, 1.807) is 13.0 Å². The van der Waals surface area contributed by atoms with Crippen molar-refractivity contribution in [2.45, 2.75) is 57.9 Å². The van der Waals surface area contributed by atoms with Gasteiger partial charge in [0, 0.05) is 25.1 Å². The maximum Gasteiger partial charge on any atom is 0.226 e. The lowest BCUT2D eigenvalue weighted by molar-refractivity contribution is -0.116. The minimum Gasteiger partial charge on any atom is -0.360 e. The molecule has 0 aliphatic heterocycles. The van der Waals surface area contributed by atoms with E-state index in [2.05, 4.69) is 15.8 Å². The Morgan fingerprint density at radius 1 is 1.37 bits per heavy atom. The summed E-state index contributed by atoms with van der Waals surface area (Å²) in [6.45, 7) is 2.53. The van der Waals surface area contributed by atoms with Crippen molar-refractivity contribution < 1.29 is 9.32 Å². The number of aromatic nitrogens is 1. The molecule has 2 N–H and O–H groups in total. The monoisotopic (exact) mass is 265 g/mol. The molecular formula is C14H23N3O2. The van der Waals surface area contributed by atoms with Crippen molar-refractivity contribution in [3.05, 3.63) is 11.8 Å². The number of anilines is 1. The Balaban J connectivity index is 1.63. The van der Waals surface area contributed by atoms with Crippen LogP contribution in [0.1, 0.15) is 50.7 Å². The van der Waals surface area contributed by atoms with Crippen LogP contribution >= 0.6 is 0 Å². The van der Waals surface area contributed by atoms with Gasteiger partial charge in [-0.3, -0.25) is 4.79 Å². The molecule has 1 amide bonds. The molecule has 1 aliphatic rings. The number of hydrogen-bond donors (Lipinski definition) is 2. The lowest BCUT2D eigenvalue weighted by Crippen LogP contribution is -2.31. The standard InChI is InChI=1S/C14H23N3O2/c1-11-10-13(17-19-11)16-14(18)8-9-15-12-6-4-2-3-5-7-12/h10,12,15H,2-9H2,1H3,(H,16,17,18). The first kappa shape index (κ1) is 14.1. The third-order valence-corrected chi connectivity index (χ3v) is 3.54. The zero-order chi connectivity index (χ0) is 13.5. The first-order chi connectivity index (χ1) is 9.24. The predicted molar refractivity (Wildman–Crippen MR) is 74.0 cm³/mol. The topological polar surface area (TPSA) is 67.2 Å². The van der Waals surface area contributed by atoms with Crippen molar-refractivity contribution in [2.75, 3.05) is 11.9 Å². The van der Waals surface area contributed by atoms with Crippen LogP contribution in [0.2, 0.25) is 0 Å². The Labute approximate surface area is 114 Å². The van der Waals surface area contributed by atoms with Crippen LogP contribution < -0.4 is 10.6 Å². The molecule has 0 atom stereocenters. The molecule has 1 aliphatic carbocycles. The summed E-state index contributed by atoms with van der Waals surface area (Å²) in [6, 6.07) is 2.31. The molecule has 5 nitrogen and oxygen atoms in total. The Kier molecular flexibility index (Phi) is 5.39. The Bertz CT molecular complexity index is 395. The smallest absolute Gasteiger partial charge is 0.226 e. The van der Waals surface area contributed by atoms with Crippen LogP contribution in [0, 0.1) is 6.92 Å². The van der Waals surface area contributed by atoms with Gasteiger partial charge in [0.25, 0.3) is 0 Å². The lowest BCUT2D eigenvalue weighted by atomic mass is 10.1. The van der Waals surface area contributed by atoms with E-state index in [0.29, 0.717) is 24.0 Å². The first-order valence-corrected chi connectivity index (χ1v) is 7.20. The lowest BCUT2D eigenvalue weighted by Gasteiger charge is -2.15. The Morgan fingerprint density at radius 2 is 2.11 bits per heavy atom. The number of aryl methyl sites for hydroxylation is 1. The van der Waals surface area contributed by atoms with Gasteiger partial charge in [0.1, 0.15) is 5.76 Å². The summed E-state index contributed by atoms with van der Waals surface area (Å²) in [5, 5.41) is 9.95. The molecule has 5 heteroatoms. The van der Waals surface area contributed by atoms with E-state index < -0.39 is 0 Å². The largest absolute Gasteiger partial charge is 0.360 e. The first-order valence-electron chi connectivity index (χ1n) is 7.20. The molecular weight excluding hydrogens is 242 g/mol. The molecule has 1 saturated carbocycles. The van der Waals surface area contributed by atoms with Gasteiger partial charge in [0.2, 0.25) is 5.91 Å². The zero-order valence-electron chi connectivity index (χ0n) is 11.6. The van der Waals surface area contributed by atoms with Gasteiger partial charge < -0.3 is 15.2 Å². The summed E-state index contributed by atoms with van der Waals surface area (Å²) < 4.78 is 4.90. The molecule has 0 bridgehead atoms. The fraction of sp³-hybridized carbons (Fsp3) is 0.714. The third kappa shape index (κ3) is 5.03. The molecule has 0 unspecified atom stereocenters. The molecule has 1 fully saturated rings. The highest BCUT2D eigenvalue weighted by Gasteiger charge is 2.12. The third-order valence-electron chi connectivity index (χ3n) is 3.54. The second-order valence-electron chi connectivity index (χ2n) is 5.26. The minimum atomic E-state index is -0.0191. The molecule has 0 aromatic carbocycles. The van der Waals surface area contributed by atoms with Crippen LogP contribution in [-0.2, 0) is 4.79 Å². The summed E-state index contributed by atoms with van der Waals surface area (Å²) in [4.78, 5) is 11.7. The van der Waals surface area contributed by atoms with Gasteiger partial charge in [0.15, 0.2) is 5.82 Å². The van der Waals surface area contributed by atoms with E-state index in [-0.39, 0.29) is 5.91 Å². The highest BCUT2D eigenvalue weighted by molar-refractivity contribution is 5.89. The van der Waals surface area contributed by atoms with Gasteiger partial charge >= 0.3 is 0 Å². The molecule has 1 aromatic heterocycles. The van der Waals surface area contributed by atoms with Crippen LogP contribution in [-0.4, -0.2) is 23.7 Å². The summed E-state index contributed by atoms with van der Waals surface area (Å²) in [5.74, 6) is 1.18. The number of nitrogens with one attached hydrogen (secondary N) is 2. The van der Waals surface area contributed by atoms with E-state index >= 15 is 0 Å². The van der Waals surface area contributed by atoms with Gasteiger partial charge in [-0.2, -0.15) is 0 Å². The van der Waals surface area contributed by atoms with Gasteiger partial charge in [-0.1, -0.05) is 30.8 Å². The Hall–Kier alpha value is -1.36. The molecule has 106 valence electrons. The van der Waals surface area contributed by atoms with Gasteiger partial charge in [0.05, 0.1) is 0 Å². The normalized spacial score (nSPS) is 17.1. The van der Waals surface area contributed by atoms with E-state index in [4.69, 9.17) is 4.52 Å². The number of nitrogens with zero attached hydrogens (tertiary/aromatic N) is 1. The average molecular weight is 265 g/mol. The highest BCUT2D eigenvalue weighted by atomic mass is 16.5. The number of amides is 1. The van der Waals surface area contributed by atoms with Crippen LogP contribution in [0.25, 0.3) is 0 Å². The zero-order valence-corrected chi connectivity index (χ0v) is 11.6. The van der Waals surface area contributed by atoms with Crippen LogP contribution in [0.15, 0.2) is 10.6 Å². The van der Waals surface area contributed by atoms with Crippen molar-refractivity contribution in [1.29, 1.82) is 0 Å². The summed E-state index contributed by atoms with van der Waals surface area (Å²) in [6.07, 6.45) is 8.27. The van der Waals surface area contributed by atoms with Crippen molar-refractivity contribution in [3.63, 3.8) is 0 Å². The summed E-state index contributed by atoms with van der Waals surface area (Å²) in [7, 11) is 0. The molecule has 1 aromatic rings. The average Bonchev–Trinajstić information content (AvgIpc) is 2.65. The fourth-order valence-electron chi connectivity index (χ4n) is 2.50.